The zero-order chi connectivity index (χ0) is 20.3. The van der Waals surface area contributed by atoms with Gasteiger partial charge in [0.1, 0.15) is 11.6 Å². The van der Waals surface area contributed by atoms with Crippen LogP contribution in [0.25, 0.3) is 0 Å². The monoisotopic (exact) mass is 403 g/mol. The van der Waals surface area contributed by atoms with Crippen molar-refractivity contribution in [1.29, 1.82) is 0 Å². The average Bonchev–Trinajstić information content (AvgIpc) is 3.26. The fraction of sp³-hybridized carbons (Fsp3) is 0.238. The Balaban J connectivity index is 1.65. The Bertz CT molecular complexity index is 1010. The molecular formula is C21H19F2NO3S. The highest BCUT2D eigenvalue weighted by Gasteiger charge is 2.19. The van der Waals surface area contributed by atoms with Crippen molar-refractivity contribution in [2.24, 2.45) is 0 Å². The van der Waals surface area contributed by atoms with E-state index in [9.17, 15) is 18.4 Å². The molecule has 7 heteroatoms. The van der Waals surface area contributed by atoms with Crippen LogP contribution >= 0.6 is 11.3 Å². The molecule has 0 unspecified atom stereocenters. The summed E-state index contributed by atoms with van der Waals surface area (Å²) in [5, 5.41) is 2.03. The van der Waals surface area contributed by atoms with Crippen LogP contribution in [0.15, 0.2) is 41.8 Å². The van der Waals surface area contributed by atoms with E-state index in [0.29, 0.717) is 11.6 Å². The molecule has 3 aromatic rings. The second-order valence-corrected chi connectivity index (χ2v) is 7.42. The van der Waals surface area contributed by atoms with Crippen LogP contribution in [0.5, 0.6) is 0 Å². The number of rotatable bonds is 7. The van der Waals surface area contributed by atoms with Crippen molar-refractivity contribution in [3.05, 3.63) is 80.8 Å². The Morgan fingerprint density at radius 3 is 2.57 bits per heavy atom. The highest BCUT2D eigenvalue weighted by molar-refractivity contribution is 7.09. The molecule has 0 amide bonds. The van der Waals surface area contributed by atoms with Crippen LogP contribution < -0.4 is 0 Å². The largest absolute Gasteiger partial charge is 0.454 e. The molecule has 0 fully saturated rings. The number of esters is 1. The summed E-state index contributed by atoms with van der Waals surface area (Å²) < 4.78 is 33.6. The maximum atomic E-state index is 13.6. The van der Waals surface area contributed by atoms with E-state index in [0.717, 1.165) is 36.5 Å². The number of carbonyl (C=O) groups excluding carboxylic acids is 2. The molecule has 0 saturated heterocycles. The molecule has 3 rings (SSSR count). The van der Waals surface area contributed by atoms with Crippen molar-refractivity contribution in [2.45, 2.75) is 26.8 Å². The van der Waals surface area contributed by atoms with Gasteiger partial charge in [0.05, 0.1) is 5.56 Å². The van der Waals surface area contributed by atoms with Gasteiger partial charge >= 0.3 is 5.97 Å². The number of aromatic nitrogens is 1. The third-order valence-electron chi connectivity index (χ3n) is 4.52. The van der Waals surface area contributed by atoms with Gasteiger partial charge in [0.15, 0.2) is 6.61 Å². The number of hydrogen-bond donors (Lipinski definition) is 0. The fourth-order valence-electron chi connectivity index (χ4n) is 3.05. The van der Waals surface area contributed by atoms with Gasteiger partial charge in [-0.15, -0.1) is 11.3 Å². The van der Waals surface area contributed by atoms with Crippen molar-refractivity contribution in [2.75, 3.05) is 6.61 Å². The van der Waals surface area contributed by atoms with E-state index in [1.807, 2.05) is 25.3 Å². The third-order valence-corrected chi connectivity index (χ3v) is 5.46. The zero-order valence-electron chi connectivity index (χ0n) is 15.5. The number of nitrogens with zero attached hydrogens (tertiary/aromatic N) is 1. The molecule has 1 aromatic carbocycles. The maximum absolute atomic E-state index is 13.6. The van der Waals surface area contributed by atoms with Crippen molar-refractivity contribution >= 4 is 23.1 Å². The van der Waals surface area contributed by atoms with Crippen LogP contribution in [0.1, 0.15) is 37.0 Å². The van der Waals surface area contributed by atoms with Crippen molar-refractivity contribution in [1.82, 2.24) is 4.57 Å². The minimum Gasteiger partial charge on any atom is -0.454 e. The standard InChI is InChI=1S/C21H19F2NO3S/c1-13-10-18(14(2)24(13)8-7-16-4-3-9-28-16)20(25)12-27-21(26)17-6-5-15(22)11-19(17)23/h3-6,9-11H,7-8,12H2,1-2H3. The summed E-state index contributed by atoms with van der Waals surface area (Å²) >= 11 is 1.69. The van der Waals surface area contributed by atoms with Gasteiger partial charge in [-0.1, -0.05) is 6.07 Å². The van der Waals surface area contributed by atoms with E-state index >= 15 is 0 Å². The lowest BCUT2D eigenvalue weighted by Gasteiger charge is -2.09. The summed E-state index contributed by atoms with van der Waals surface area (Å²) in [6.07, 6.45) is 0.862. The molecule has 0 saturated carbocycles. The second-order valence-electron chi connectivity index (χ2n) is 6.39. The van der Waals surface area contributed by atoms with E-state index in [2.05, 4.69) is 10.6 Å². The number of aryl methyl sites for hydroxylation is 2. The summed E-state index contributed by atoms with van der Waals surface area (Å²) in [4.78, 5) is 25.7. The molecule has 2 aromatic heterocycles. The van der Waals surface area contributed by atoms with Crippen molar-refractivity contribution in [3.63, 3.8) is 0 Å². The molecular weight excluding hydrogens is 384 g/mol. The number of carbonyl (C=O) groups is 2. The lowest BCUT2D eigenvalue weighted by molar-refractivity contribution is 0.0469. The lowest BCUT2D eigenvalue weighted by Crippen LogP contribution is -2.16. The Morgan fingerprint density at radius 1 is 1.11 bits per heavy atom. The van der Waals surface area contributed by atoms with Crippen LogP contribution in [-0.2, 0) is 17.7 Å². The first-order valence-electron chi connectivity index (χ1n) is 8.71. The number of ether oxygens (including phenoxy) is 1. The zero-order valence-corrected chi connectivity index (χ0v) is 16.3. The topological polar surface area (TPSA) is 48.3 Å². The number of Topliss-reactive ketones (excluding diaryl/α,β-unsaturated/α-hetero) is 1. The molecule has 28 heavy (non-hydrogen) atoms. The molecule has 0 N–H and O–H groups in total. The van der Waals surface area contributed by atoms with E-state index < -0.39 is 29.8 Å². The van der Waals surface area contributed by atoms with Crippen LogP contribution in [0.3, 0.4) is 0 Å². The van der Waals surface area contributed by atoms with Crippen LogP contribution in [-0.4, -0.2) is 22.9 Å². The fourth-order valence-corrected chi connectivity index (χ4v) is 3.74. The Morgan fingerprint density at radius 2 is 1.89 bits per heavy atom. The Hall–Kier alpha value is -2.80. The first-order valence-corrected chi connectivity index (χ1v) is 9.59. The summed E-state index contributed by atoms with van der Waals surface area (Å²) in [6, 6.07) is 8.39. The van der Waals surface area contributed by atoms with Gasteiger partial charge in [0.25, 0.3) is 0 Å². The minimum absolute atomic E-state index is 0.369. The summed E-state index contributed by atoms with van der Waals surface area (Å²) in [5.74, 6) is -3.19. The molecule has 0 aliphatic carbocycles. The highest BCUT2D eigenvalue weighted by Crippen LogP contribution is 2.19. The van der Waals surface area contributed by atoms with E-state index in [1.54, 1.807) is 17.4 Å². The maximum Gasteiger partial charge on any atom is 0.341 e. The molecule has 0 aliphatic rings. The summed E-state index contributed by atoms with van der Waals surface area (Å²) in [6.45, 7) is 3.99. The smallest absolute Gasteiger partial charge is 0.341 e. The predicted molar refractivity (Wildman–Crippen MR) is 103 cm³/mol. The number of thiophene rings is 1. The van der Waals surface area contributed by atoms with Crippen LogP contribution in [0.4, 0.5) is 8.78 Å². The predicted octanol–water partition coefficient (Wildman–Crippen LogP) is 4.73. The first-order chi connectivity index (χ1) is 13.4. The van der Waals surface area contributed by atoms with Crippen LogP contribution in [0, 0.1) is 25.5 Å². The van der Waals surface area contributed by atoms with Crippen molar-refractivity contribution in [3.8, 4) is 0 Å². The number of halogens is 2. The molecule has 0 bridgehead atoms. The van der Waals surface area contributed by atoms with Gasteiger partial charge in [-0.2, -0.15) is 0 Å². The van der Waals surface area contributed by atoms with Crippen LogP contribution in [0.2, 0.25) is 0 Å². The summed E-state index contributed by atoms with van der Waals surface area (Å²) in [7, 11) is 0. The molecule has 4 nitrogen and oxygen atoms in total. The molecule has 0 radical (unpaired) electrons. The van der Waals surface area contributed by atoms with Gasteiger partial charge in [-0.3, -0.25) is 4.79 Å². The number of hydrogen-bond acceptors (Lipinski definition) is 4. The second kappa shape index (κ2) is 8.48. The SMILES string of the molecule is Cc1cc(C(=O)COC(=O)c2ccc(F)cc2F)c(C)n1CCc1cccs1. The van der Waals surface area contributed by atoms with Crippen molar-refractivity contribution < 1.29 is 23.1 Å². The van der Waals surface area contributed by atoms with Gasteiger partial charge in [0.2, 0.25) is 5.78 Å². The van der Waals surface area contributed by atoms with Gasteiger partial charge in [-0.05, 0) is 49.9 Å². The summed E-state index contributed by atoms with van der Waals surface area (Å²) in [5.41, 5.74) is 1.79. The number of benzene rings is 1. The Labute approximate surface area is 165 Å². The van der Waals surface area contributed by atoms with Gasteiger partial charge < -0.3 is 9.30 Å². The van der Waals surface area contributed by atoms with Gasteiger partial charge in [0, 0.05) is 34.4 Å². The lowest BCUT2D eigenvalue weighted by atomic mass is 10.1. The average molecular weight is 403 g/mol. The molecule has 0 aliphatic heterocycles. The van der Waals surface area contributed by atoms with E-state index in [-0.39, 0.29) is 5.78 Å². The molecule has 0 atom stereocenters. The third kappa shape index (κ3) is 4.36. The van der Waals surface area contributed by atoms with Gasteiger partial charge in [-0.25, -0.2) is 13.6 Å². The quantitative estimate of drug-likeness (QED) is 0.423. The first kappa shape index (κ1) is 19.9. The number of ketones is 1. The van der Waals surface area contributed by atoms with E-state index in [1.165, 1.54) is 4.88 Å². The van der Waals surface area contributed by atoms with E-state index in [4.69, 9.17) is 4.74 Å². The molecule has 2 heterocycles. The Kier molecular flexibility index (Phi) is 6.04. The molecule has 146 valence electrons. The molecule has 0 spiro atoms. The highest BCUT2D eigenvalue weighted by atomic mass is 32.1. The normalized spacial score (nSPS) is 10.9. The minimum atomic E-state index is -1.02.